The Bertz CT molecular complexity index is 1300. The maximum Gasteiger partial charge on any atom is 0.192 e. The van der Waals surface area contributed by atoms with Crippen molar-refractivity contribution in [1.29, 1.82) is 5.26 Å². The lowest BCUT2D eigenvalue weighted by molar-refractivity contribution is 0.103. The predicted molar refractivity (Wildman–Crippen MR) is 119 cm³/mol. The van der Waals surface area contributed by atoms with E-state index in [0.717, 1.165) is 28.1 Å². The number of nitrogens with one attached hydrogen (secondary N) is 1. The number of ether oxygens (including phenoxy) is 1. The van der Waals surface area contributed by atoms with Crippen molar-refractivity contribution in [3.05, 3.63) is 118 Å². The summed E-state index contributed by atoms with van der Waals surface area (Å²) in [6.07, 6.45) is 0. The lowest BCUT2D eigenvalue weighted by Gasteiger charge is -2.27. The molecule has 3 aromatic carbocycles. The Kier molecular flexibility index (Phi) is 4.65. The maximum absolute atomic E-state index is 13.3. The van der Waals surface area contributed by atoms with Gasteiger partial charge in [0.15, 0.2) is 5.78 Å². The van der Waals surface area contributed by atoms with Gasteiger partial charge in [0.05, 0.1) is 23.3 Å². The molecule has 0 amide bonds. The van der Waals surface area contributed by atoms with Crippen molar-refractivity contribution < 1.29 is 9.53 Å². The molecule has 0 fully saturated rings. The van der Waals surface area contributed by atoms with Crippen molar-refractivity contribution in [3.63, 3.8) is 0 Å². The first-order valence-corrected chi connectivity index (χ1v) is 10.2. The monoisotopic (exact) mass is 404 g/mol. The van der Waals surface area contributed by atoms with Gasteiger partial charge in [-0.15, -0.1) is 0 Å². The number of nitrogens with zero attached hydrogens (tertiary/aromatic N) is 1. The van der Waals surface area contributed by atoms with Crippen LogP contribution in [-0.4, -0.2) is 5.78 Å². The first-order chi connectivity index (χ1) is 15.2. The van der Waals surface area contributed by atoms with Crippen LogP contribution >= 0.6 is 0 Å². The molecule has 31 heavy (non-hydrogen) atoms. The first kappa shape index (κ1) is 18.9. The van der Waals surface area contributed by atoms with Crippen LogP contribution in [0.3, 0.4) is 0 Å². The zero-order chi connectivity index (χ0) is 21.4. The Balaban J connectivity index is 1.54. The van der Waals surface area contributed by atoms with Crippen LogP contribution in [-0.2, 0) is 6.61 Å². The lowest BCUT2D eigenvalue weighted by atomic mass is 9.80. The van der Waals surface area contributed by atoms with Crippen LogP contribution in [0.2, 0.25) is 0 Å². The summed E-state index contributed by atoms with van der Waals surface area (Å²) >= 11 is 0. The Morgan fingerprint density at radius 2 is 1.71 bits per heavy atom. The molecule has 0 saturated carbocycles. The highest BCUT2D eigenvalue weighted by Crippen LogP contribution is 2.46. The Morgan fingerprint density at radius 3 is 2.48 bits per heavy atom. The van der Waals surface area contributed by atoms with Gasteiger partial charge in [-0.3, -0.25) is 4.79 Å². The average Bonchev–Trinajstić information content (AvgIpc) is 3.09. The molecule has 0 saturated heterocycles. The smallest absolute Gasteiger partial charge is 0.192 e. The highest BCUT2D eigenvalue weighted by molar-refractivity contribution is 6.22. The summed E-state index contributed by atoms with van der Waals surface area (Å²) in [6, 6.07) is 27.6. The van der Waals surface area contributed by atoms with Crippen LogP contribution in [0.25, 0.3) is 5.70 Å². The lowest BCUT2D eigenvalue weighted by Crippen LogP contribution is -2.24. The van der Waals surface area contributed by atoms with Crippen LogP contribution in [0, 0.1) is 11.3 Å². The minimum atomic E-state index is -0.429. The average molecular weight is 404 g/mol. The second-order valence-electron chi connectivity index (χ2n) is 7.72. The van der Waals surface area contributed by atoms with Gasteiger partial charge in [0.25, 0.3) is 0 Å². The van der Waals surface area contributed by atoms with Crippen molar-refractivity contribution >= 4 is 11.5 Å². The van der Waals surface area contributed by atoms with E-state index in [0.29, 0.717) is 29.1 Å². The zero-order valence-corrected chi connectivity index (χ0v) is 17.1. The molecule has 1 aliphatic heterocycles. The fraction of sp³-hybridized carbons (Fsp3) is 0.111. The summed E-state index contributed by atoms with van der Waals surface area (Å²) < 4.78 is 6.00. The molecule has 4 heteroatoms. The molecular weight excluding hydrogens is 384 g/mol. The van der Waals surface area contributed by atoms with Crippen molar-refractivity contribution in [2.75, 3.05) is 0 Å². The van der Waals surface area contributed by atoms with E-state index < -0.39 is 5.92 Å². The minimum absolute atomic E-state index is 0.0287. The minimum Gasteiger partial charge on any atom is -0.489 e. The van der Waals surface area contributed by atoms with Gasteiger partial charge in [-0.25, -0.2) is 0 Å². The molecule has 2 aliphatic rings. The van der Waals surface area contributed by atoms with Crippen molar-refractivity contribution in [3.8, 4) is 11.8 Å². The molecule has 1 atom stereocenters. The third kappa shape index (κ3) is 3.21. The summed E-state index contributed by atoms with van der Waals surface area (Å²) in [4.78, 5) is 13.3. The van der Waals surface area contributed by atoms with E-state index in [1.165, 1.54) is 0 Å². The van der Waals surface area contributed by atoms with Gasteiger partial charge in [0.2, 0.25) is 0 Å². The number of fused-ring (bicyclic) bond motifs is 2. The molecule has 5 rings (SSSR count). The van der Waals surface area contributed by atoms with Gasteiger partial charge in [0.1, 0.15) is 12.4 Å². The predicted octanol–water partition coefficient (Wildman–Crippen LogP) is 5.36. The summed E-state index contributed by atoms with van der Waals surface area (Å²) in [5.41, 5.74) is 6.27. The number of allylic oxidation sites excluding steroid dienone is 3. The molecule has 150 valence electrons. The SMILES string of the molecule is CC1=C(C#N)C(c2cccc(OCc3ccccc3)c2)C2=C(N1)c1ccccc1C2=O. The van der Waals surface area contributed by atoms with Crippen molar-refractivity contribution in [2.24, 2.45) is 0 Å². The van der Waals surface area contributed by atoms with Crippen molar-refractivity contribution in [1.82, 2.24) is 5.32 Å². The third-order valence-electron chi connectivity index (χ3n) is 5.81. The molecule has 0 bridgehead atoms. The summed E-state index contributed by atoms with van der Waals surface area (Å²) in [5.74, 6) is 0.250. The van der Waals surface area contributed by atoms with Gasteiger partial charge >= 0.3 is 0 Å². The number of ketones is 1. The number of carbonyl (C=O) groups excluding carboxylic acids is 1. The molecule has 0 spiro atoms. The van der Waals surface area contributed by atoms with Gasteiger partial charge in [0, 0.05) is 22.4 Å². The van der Waals surface area contributed by atoms with Crippen LogP contribution in [0.4, 0.5) is 0 Å². The summed E-state index contributed by atoms with van der Waals surface area (Å²) in [7, 11) is 0. The van der Waals surface area contributed by atoms with Gasteiger partial charge in [-0.2, -0.15) is 5.26 Å². The molecule has 0 aromatic heterocycles. The second kappa shape index (κ2) is 7.62. The number of nitriles is 1. The van der Waals surface area contributed by atoms with E-state index in [4.69, 9.17) is 4.74 Å². The Morgan fingerprint density at radius 1 is 0.968 bits per heavy atom. The van der Waals surface area contributed by atoms with E-state index in [1.54, 1.807) is 0 Å². The Labute approximate surface area is 181 Å². The molecule has 3 aromatic rings. The number of hydrogen-bond donors (Lipinski definition) is 1. The molecule has 4 nitrogen and oxygen atoms in total. The largest absolute Gasteiger partial charge is 0.489 e. The fourth-order valence-corrected chi connectivity index (χ4v) is 4.34. The normalized spacial score (nSPS) is 17.0. The molecule has 0 radical (unpaired) electrons. The molecule has 1 N–H and O–H groups in total. The second-order valence-corrected chi connectivity index (χ2v) is 7.72. The van der Waals surface area contributed by atoms with Crippen LogP contribution in [0.5, 0.6) is 5.75 Å². The van der Waals surface area contributed by atoms with E-state index in [9.17, 15) is 10.1 Å². The van der Waals surface area contributed by atoms with Crippen LogP contribution in [0.1, 0.15) is 39.9 Å². The van der Waals surface area contributed by atoms with Gasteiger partial charge < -0.3 is 10.1 Å². The molecule has 1 heterocycles. The number of Topliss-reactive ketones (excluding diaryl/α,β-unsaturated/α-hetero) is 1. The quantitative estimate of drug-likeness (QED) is 0.636. The highest BCUT2D eigenvalue weighted by atomic mass is 16.5. The number of carbonyl (C=O) groups is 1. The van der Waals surface area contributed by atoms with E-state index in [1.807, 2.05) is 85.8 Å². The topological polar surface area (TPSA) is 62.1 Å². The van der Waals surface area contributed by atoms with Crippen LogP contribution in [0.15, 0.2) is 95.7 Å². The molecular formula is C27H20N2O2. The number of benzene rings is 3. The fourth-order valence-electron chi connectivity index (χ4n) is 4.34. The van der Waals surface area contributed by atoms with E-state index >= 15 is 0 Å². The Hall–Kier alpha value is -4.10. The standard InChI is InChI=1S/C27H20N2O2/c1-17-23(15-28)24(25-26(29-17)21-12-5-6-13-22(21)27(25)30)19-10-7-11-20(14-19)31-16-18-8-3-2-4-9-18/h2-14,24,29H,16H2,1H3. The number of rotatable bonds is 4. The van der Waals surface area contributed by atoms with Gasteiger partial charge in [-0.1, -0.05) is 66.7 Å². The van der Waals surface area contributed by atoms with Crippen molar-refractivity contribution in [2.45, 2.75) is 19.4 Å². The number of dihydropyridines is 1. The summed E-state index contributed by atoms with van der Waals surface area (Å²) in [5, 5.41) is 13.2. The summed E-state index contributed by atoms with van der Waals surface area (Å²) in [6.45, 7) is 2.34. The van der Waals surface area contributed by atoms with E-state index in [-0.39, 0.29) is 5.78 Å². The number of hydrogen-bond acceptors (Lipinski definition) is 4. The first-order valence-electron chi connectivity index (χ1n) is 10.2. The molecule has 1 aliphatic carbocycles. The molecule has 1 unspecified atom stereocenters. The van der Waals surface area contributed by atoms with Crippen LogP contribution < -0.4 is 10.1 Å². The van der Waals surface area contributed by atoms with E-state index in [2.05, 4.69) is 11.4 Å². The third-order valence-corrected chi connectivity index (χ3v) is 5.81. The maximum atomic E-state index is 13.3. The van der Waals surface area contributed by atoms with Gasteiger partial charge in [-0.05, 0) is 30.2 Å². The zero-order valence-electron chi connectivity index (χ0n) is 17.1. The highest BCUT2D eigenvalue weighted by Gasteiger charge is 2.40.